The lowest BCUT2D eigenvalue weighted by Crippen LogP contribution is -1.91. The van der Waals surface area contributed by atoms with Crippen LogP contribution in [0, 0.1) is 0 Å². The highest BCUT2D eigenvalue weighted by atomic mass is 16.3. The number of fused-ring (bicyclic) bond motifs is 8. The summed E-state index contributed by atoms with van der Waals surface area (Å²) in [6.45, 7) is 0. The molecule has 1 heteroatoms. The molecule has 0 N–H and O–H groups in total. The zero-order valence-corrected chi connectivity index (χ0v) is 25.6. The summed E-state index contributed by atoms with van der Waals surface area (Å²) >= 11 is 0. The quantitative estimate of drug-likeness (QED) is 0.146. The Bertz CT molecular complexity index is 2800. The summed E-state index contributed by atoms with van der Waals surface area (Å²) in [6, 6.07) is 61.7. The van der Waals surface area contributed by atoms with Crippen molar-refractivity contribution in [3.05, 3.63) is 170 Å². The topological polar surface area (TPSA) is 13.1 Å². The molecule has 0 aliphatic carbocycles. The molecule has 1 aromatic heterocycles. The van der Waals surface area contributed by atoms with E-state index < -0.39 is 0 Å². The smallest absolute Gasteiger partial charge is 0.135 e. The molecule has 9 aromatic carbocycles. The minimum absolute atomic E-state index is 0.917. The van der Waals surface area contributed by atoms with Crippen molar-refractivity contribution in [3.8, 4) is 33.4 Å². The zero-order chi connectivity index (χ0) is 30.9. The van der Waals surface area contributed by atoms with Crippen molar-refractivity contribution in [3.63, 3.8) is 0 Å². The summed E-state index contributed by atoms with van der Waals surface area (Å²) in [4.78, 5) is 0. The maximum atomic E-state index is 6.13. The first-order valence-corrected chi connectivity index (χ1v) is 16.2. The molecule has 0 aliphatic rings. The molecule has 10 rings (SSSR count). The molecule has 47 heavy (non-hydrogen) atoms. The fraction of sp³-hybridized carbons (Fsp3) is 0. The molecule has 0 spiro atoms. The van der Waals surface area contributed by atoms with E-state index in [4.69, 9.17) is 4.42 Å². The predicted octanol–water partition coefficient (Wildman–Crippen LogP) is 13.2. The lowest BCUT2D eigenvalue weighted by Gasteiger charge is -2.18. The average molecular weight is 597 g/mol. The molecule has 0 unspecified atom stereocenters. The Morgan fingerprint density at radius 3 is 1.45 bits per heavy atom. The van der Waals surface area contributed by atoms with Crippen molar-refractivity contribution in [2.24, 2.45) is 0 Å². The molecule has 0 fully saturated rings. The van der Waals surface area contributed by atoms with Gasteiger partial charge in [0.25, 0.3) is 0 Å². The van der Waals surface area contributed by atoms with Crippen LogP contribution in [0.1, 0.15) is 0 Å². The number of hydrogen-bond acceptors (Lipinski definition) is 1. The van der Waals surface area contributed by atoms with Gasteiger partial charge in [-0.1, -0.05) is 140 Å². The summed E-state index contributed by atoms with van der Waals surface area (Å²) in [7, 11) is 0. The van der Waals surface area contributed by atoms with Gasteiger partial charge in [0.1, 0.15) is 11.2 Å². The third-order valence-corrected chi connectivity index (χ3v) is 9.83. The Kier molecular flexibility index (Phi) is 5.64. The van der Waals surface area contributed by atoms with Gasteiger partial charge in [-0.3, -0.25) is 0 Å². The van der Waals surface area contributed by atoms with Crippen LogP contribution < -0.4 is 0 Å². The highest BCUT2D eigenvalue weighted by molar-refractivity contribution is 6.22. The first-order valence-electron chi connectivity index (χ1n) is 16.2. The summed E-state index contributed by atoms with van der Waals surface area (Å²) in [6.07, 6.45) is 0. The van der Waals surface area contributed by atoms with Gasteiger partial charge in [-0.2, -0.15) is 0 Å². The molecular formula is C46H28O. The van der Waals surface area contributed by atoms with Gasteiger partial charge in [0.2, 0.25) is 0 Å². The molecule has 10 aromatic rings. The van der Waals surface area contributed by atoms with Crippen molar-refractivity contribution >= 4 is 65.0 Å². The Hall–Kier alpha value is -6.18. The van der Waals surface area contributed by atoms with Crippen molar-refractivity contribution in [1.82, 2.24) is 0 Å². The normalized spacial score (nSPS) is 11.8. The first kappa shape index (κ1) is 26.1. The van der Waals surface area contributed by atoms with Crippen LogP contribution in [0.2, 0.25) is 0 Å². The van der Waals surface area contributed by atoms with Gasteiger partial charge in [-0.05, 0) is 107 Å². The van der Waals surface area contributed by atoms with Gasteiger partial charge >= 0.3 is 0 Å². The highest BCUT2D eigenvalue weighted by Gasteiger charge is 2.18. The van der Waals surface area contributed by atoms with Crippen molar-refractivity contribution in [1.29, 1.82) is 0 Å². The molecule has 0 radical (unpaired) electrons. The van der Waals surface area contributed by atoms with Crippen LogP contribution in [-0.4, -0.2) is 0 Å². The van der Waals surface area contributed by atoms with E-state index in [9.17, 15) is 0 Å². The third kappa shape index (κ3) is 4.03. The predicted molar refractivity (Wildman–Crippen MR) is 200 cm³/mol. The minimum atomic E-state index is 0.917. The van der Waals surface area contributed by atoms with E-state index >= 15 is 0 Å². The molecule has 0 saturated carbocycles. The largest absolute Gasteiger partial charge is 0.456 e. The molecule has 0 atom stereocenters. The summed E-state index contributed by atoms with van der Waals surface area (Å²) in [5, 5.41) is 12.4. The maximum absolute atomic E-state index is 6.13. The molecule has 0 amide bonds. The second-order valence-electron chi connectivity index (χ2n) is 12.5. The van der Waals surface area contributed by atoms with E-state index in [1.165, 1.54) is 76.5 Å². The van der Waals surface area contributed by atoms with E-state index in [2.05, 4.69) is 158 Å². The molecule has 0 aliphatic heterocycles. The fourth-order valence-corrected chi connectivity index (χ4v) is 7.67. The zero-order valence-electron chi connectivity index (χ0n) is 25.6. The molecule has 218 valence electrons. The van der Waals surface area contributed by atoms with Gasteiger partial charge in [0, 0.05) is 10.8 Å². The van der Waals surface area contributed by atoms with Gasteiger partial charge in [-0.15, -0.1) is 0 Å². The lowest BCUT2D eigenvalue weighted by molar-refractivity contribution is 0.669. The molecular weight excluding hydrogens is 569 g/mol. The fourth-order valence-electron chi connectivity index (χ4n) is 7.67. The van der Waals surface area contributed by atoms with Crippen LogP contribution in [0.15, 0.2) is 174 Å². The number of hydrogen-bond donors (Lipinski definition) is 0. The van der Waals surface area contributed by atoms with Gasteiger partial charge < -0.3 is 4.42 Å². The second kappa shape index (κ2) is 10.2. The second-order valence-corrected chi connectivity index (χ2v) is 12.5. The van der Waals surface area contributed by atoms with Gasteiger partial charge in [0.05, 0.1) is 0 Å². The Labute approximate surface area is 271 Å². The van der Waals surface area contributed by atoms with Crippen LogP contribution in [0.3, 0.4) is 0 Å². The number of furan rings is 1. The van der Waals surface area contributed by atoms with Crippen LogP contribution in [0.4, 0.5) is 0 Å². The summed E-state index contributed by atoms with van der Waals surface area (Å²) in [5.74, 6) is 0. The number of benzene rings is 9. The van der Waals surface area contributed by atoms with E-state index in [1.807, 2.05) is 12.1 Å². The van der Waals surface area contributed by atoms with Crippen molar-refractivity contribution in [2.75, 3.05) is 0 Å². The van der Waals surface area contributed by atoms with E-state index in [-0.39, 0.29) is 0 Å². The lowest BCUT2D eigenvalue weighted by atomic mass is 9.85. The Morgan fingerprint density at radius 2 is 0.723 bits per heavy atom. The van der Waals surface area contributed by atoms with E-state index in [1.54, 1.807) is 0 Å². The highest BCUT2D eigenvalue weighted by Crippen LogP contribution is 2.45. The minimum Gasteiger partial charge on any atom is -0.456 e. The summed E-state index contributed by atoms with van der Waals surface area (Å²) in [5.41, 5.74) is 9.20. The standard InChI is InChI=1S/C46H28O/c1-2-13-35-29(10-1)20-21-30-22-23-34(28-41(30)35)46-39-17-5-3-15-37(39)45(38-16-4-6-18-40(38)46)33-12-9-11-31(26-33)32-24-25-44-42(27-32)36-14-7-8-19-43(36)47-44/h1-28H. The van der Waals surface area contributed by atoms with Crippen molar-refractivity contribution in [2.45, 2.75) is 0 Å². The van der Waals surface area contributed by atoms with E-state index in [0.717, 1.165) is 21.9 Å². The van der Waals surface area contributed by atoms with Gasteiger partial charge in [-0.25, -0.2) is 0 Å². The number of rotatable bonds is 3. The molecule has 1 heterocycles. The number of para-hydroxylation sites is 1. The SMILES string of the molecule is c1cc(-c2ccc3oc4ccccc4c3c2)cc(-c2c3ccccc3c(-c3ccc4ccc5ccccc5c4c3)c3ccccc23)c1. The Morgan fingerprint density at radius 1 is 0.255 bits per heavy atom. The van der Waals surface area contributed by atoms with Crippen LogP contribution in [0.25, 0.3) is 98.4 Å². The Balaban J connectivity index is 1.21. The summed E-state index contributed by atoms with van der Waals surface area (Å²) < 4.78 is 6.13. The first-order chi connectivity index (χ1) is 23.3. The molecule has 0 saturated heterocycles. The molecule has 0 bridgehead atoms. The molecule has 1 nitrogen and oxygen atoms in total. The average Bonchev–Trinajstić information content (AvgIpc) is 3.51. The maximum Gasteiger partial charge on any atom is 0.135 e. The van der Waals surface area contributed by atoms with Gasteiger partial charge in [0.15, 0.2) is 0 Å². The van der Waals surface area contributed by atoms with Crippen molar-refractivity contribution < 1.29 is 4.42 Å². The van der Waals surface area contributed by atoms with Crippen LogP contribution in [0.5, 0.6) is 0 Å². The van der Waals surface area contributed by atoms with Crippen LogP contribution >= 0.6 is 0 Å². The van der Waals surface area contributed by atoms with E-state index in [0.29, 0.717) is 0 Å². The monoisotopic (exact) mass is 596 g/mol. The van der Waals surface area contributed by atoms with Crippen LogP contribution in [-0.2, 0) is 0 Å². The third-order valence-electron chi connectivity index (χ3n) is 9.83.